The quantitative estimate of drug-likeness (QED) is 0.705. The highest BCUT2D eigenvalue weighted by Gasteiger charge is 2.54. The molecule has 4 aliphatic rings. The molecule has 1 aromatic carbocycles. The number of ether oxygens (including phenoxy) is 1. The van der Waals surface area contributed by atoms with Crippen LogP contribution in [0.3, 0.4) is 0 Å². The first-order valence-corrected chi connectivity index (χ1v) is 11.2. The second kappa shape index (κ2) is 6.16. The second-order valence-electron chi connectivity index (χ2n) is 9.02. The molecule has 4 fully saturated rings. The van der Waals surface area contributed by atoms with Gasteiger partial charge < -0.3 is 4.74 Å². The van der Waals surface area contributed by atoms with Crippen molar-refractivity contribution in [2.24, 2.45) is 17.8 Å². The number of carbonyl (C=O) groups is 2. The summed E-state index contributed by atoms with van der Waals surface area (Å²) in [4.78, 5) is 25.4. The molecular formula is C21H26O5S. The summed E-state index contributed by atoms with van der Waals surface area (Å²) in [7, 11) is -4.69. The zero-order valence-electron chi connectivity index (χ0n) is 16.1. The Kier molecular flexibility index (Phi) is 4.26. The van der Waals surface area contributed by atoms with E-state index >= 15 is 0 Å². The molecule has 0 aromatic heterocycles. The molecule has 146 valence electrons. The van der Waals surface area contributed by atoms with E-state index in [0.29, 0.717) is 28.9 Å². The highest BCUT2D eigenvalue weighted by Crippen LogP contribution is 2.57. The van der Waals surface area contributed by atoms with E-state index in [1.54, 1.807) is 26.0 Å². The fourth-order valence-electron chi connectivity index (χ4n) is 6.10. The summed E-state index contributed by atoms with van der Waals surface area (Å²) in [5, 5.41) is -2.51. The summed E-state index contributed by atoms with van der Waals surface area (Å²) in [6.07, 6.45) is 5.67. The Hall–Kier alpha value is -1.69. The van der Waals surface area contributed by atoms with Gasteiger partial charge in [0.15, 0.2) is 0 Å². The van der Waals surface area contributed by atoms with Crippen molar-refractivity contribution in [3.63, 3.8) is 0 Å². The average Bonchev–Trinajstić information content (AvgIpc) is 2.51. The van der Waals surface area contributed by atoms with Crippen LogP contribution >= 0.6 is 0 Å². The molecule has 4 bridgehead atoms. The number of carbonyl (C=O) groups excluding carboxylic acids is 2. The van der Waals surface area contributed by atoms with Crippen molar-refractivity contribution >= 4 is 20.3 Å². The normalized spacial score (nSPS) is 31.7. The standard InChI is InChI=1S/C21H26O5S/c1-12-4-13(2)18(14(3)5-12)19(22)27(24,25)20(23)26-21-9-15-6-16(10-21)8-17(7-15)11-21/h4-5,15-17H,6-11H2,1-3H3. The van der Waals surface area contributed by atoms with Crippen molar-refractivity contribution < 1.29 is 22.7 Å². The number of hydrogen-bond donors (Lipinski definition) is 0. The number of sulfone groups is 1. The molecule has 5 rings (SSSR count). The summed E-state index contributed by atoms with van der Waals surface area (Å²) >= 11 is 0. The fraction of sp³-hybridized carbons (Fsp3) is 0.619. The fourth-order valence-corrected chi connectivity index (χ4v) is 7.13. The predicted octanol–water partition coefficient (Wildman–Crippen LogP) is 4.27. The molecule has 4 aliphatic carbocycles. The zero-order valence-corrected chi connectivity index (χ0v) is 16.9. The molecule has 0 radical (unpaired) electrons. The number of rotatable bonds is 2. The van der Waals surface area contributed by atoms with Crippen molar-refractivity contribution in [3.05, 3.63) is 34.4 Å². The van der Waals surface area contributed by atoms with E-state index in [0.717, 1.165) is 44.1 Å². The minimum Gasteiger partial charge on any atom is -0.447 e. The SMILES string of the molecule is Cc1cc(C)c(C(=O)S(=O)(=O)C(=O)OC23CC4CC(CC(C4)C2)C3)c(C)c1. The van der Waals surface area contributed by atoms with Gasteiger partial charge in [0.05, 0.1) is 0 Å². The van der Waals surface area contributed by atoms with Gasteiger partial charge in [-0.25, -0.2) is 13.2 Å². The lowest BCUT2D eigenvalue weighted by Crippen LogP contribution is -2.53. The van der Waals surface area contributed by atoms with Crippen LogP contribution in [0.15, 0.2) is 12.1 Å². The average molecular weight is 391 g/mol. The van der Waals surface area contributed by atoms with Gasteiger partial charge in [-0.15, -0.1) is 0 Å². The van der Waals surface area contributed by atoms with Crippen molar-refractivity contribution in [2.75, 3.05) is 0 Å². The lowest BCUT2D eigenvalue weighted by Gasteiger charge is -2.55. The molecule has 0 N–H and O–H groups in total. The maximum atomic E-state index is 12.8. The number of hydrogen-bond acceptors (Lipinski definition) is 5. The van der Waals surface area contributed by atoms with Gasteiger partial charge in [0, 0.05) is 5.56 Å². The van der Waals surface area contributed by atoms with Gasteiger partial charge in [-0.3, -0.25) is 4.79 Å². The third-order valence-corrected chi connectivity index (χ3v) is 7.84. The van der Waals surface area contributed by atoms with E-state index in [-0.39, 0.29) is 5.56 Å². The van der Waals surface area contributed by atoms with Crippen LogP contribution in [0.25, 0.3) is 0 Å². The van der Waals surface area contributed by atoms with Gasteiger partial charge >= 0.3 is 15.1 Å². The Morgan fingerprint density at radius 1 is 0.926 bits per heavy atom. The van der Waals surface area contributed by atoms with Crippen LogP contribution < -0.4 is 0 Å². The molecular weight excluding hydrogens is 364 g/mol. The van der Waals surface area contributed by atoms with Gasteiger partial charge in [0.25, 0.3) is 5.12 Å². The van der Waals surface area contributed by atoms with E-state index in [1.807, 2.05) is 6.92 Å². The Morgan fingerprint density at radius 3 is 1.81 bits per heavy atom. The zero-order chi connectivity index (χ0) is 19.6. The van der Waals surface area contributed by atoms with E-state index in [2.05, 4.69) is 0 Å². The molecule has 0 atom stereocenters. The first-order chi connectivity index (χ1) is 12.6. The molecule has 4 saturated carbocycles. The van der Waals surface area contributed by atoms with E-state index in [9.17, 15) is 18.0 Å². The molecule has 1 aromatic rings. The van der Waals surface area contributed by atoms with Crippen LogP contribution in [0.2, 0.25) is 0 Å². The number of benzene rings is 1. The third-order valence-electron chi connectivity index (χ3n) is 6.63. The Labute approximate surface area is 160 Å². The second-order valence-corrected chi connectivity index (χ2v) is 10.7. The molecule has 6 heteroatoms. The molecule has 5 nitrogen and oxygen atoms in total. The lowest BCUT2D eigenvalue weighted by atomic mass is 9.54. The van der Waals surface area contributed by atoms with Gasteiger partial charge in [-0.2, -0.15) is 0 Å². The Balaban J connectivity index is 1.59. The van der Waals surface area contributed by atoms with Crippen LogP contribution in [0.1, 0.15) is 65.6 Å². The largest absolute Gasteiger partial charge is 0.447 e. The maximum absolute atomic E-state index is 12.8. The van der Waals surface area contributed by atoms with Gasteiger partial charge in [0.2, 0.25) is 0 Å². The Morgan fingerprint density at radius 2 is 1.37 bits per heavy atom. The first kappa shape index (κ1) is 18.7. The van der Waals surface area contributed by atoms with E-state index < -0.39 is 25.9 Å². The monoisotopic (exact) mass is 390 g/mol. The van der Waals surface area contributed by atoms with Gasteiger partial charge in [-0.1, -0.05) is 17.7 Å². The predicted molar refractivity (Wildman–Crippen MR) is 101 cm³/mol. The maximum Gasteiger partial charge on any atom is 0.433 e. The van der Waals surface area contributed by atoms with Crippen LogP contribution in [-0.4, -0.2) is 24.4 Å². The summed E-state index contributed by atoms with van der Waals surface area (Å²) in [6.45, 7) is 5.25. The lowest BCUT2D eigenvalue weighted by molar-refractivity contribution is -0.121. The summed E-state index contributed by atoms with van der Waals surface area (Å²) in [5.74, 6) is 1.55. The van der Waals surface area contributed by atoms with Crippen LogP contribution in [0.4, 0.5) is 4.79 Å². The molecule has 0 spiro atoms. The Bertz CT molecular complexity index is 870. The summed E-state index contributed by atoms with van der Waals surface area (Å²) in [6, 6.07) is 3.50. The molecule has 27 heavy (non-hydrogen) atoms. The molecule has 0 unspecified atom stereocenters. The van der Waals surface area contributed by atoms with Crippen LogP contribution in [0.5, 0.6) is 0 Å². The smallest absolute Gasteiger partial charge is 0.433 e. The van der Waals surface area contributed by atoms with Gasteiger partial charge in [-0.05, 0) is 88.2 Å². The minimum absolute atomic E-state index is 0.0862. The van der Waals surface area contributed by atoms with Gasteiger partial charge in [0.1, 0.15) is 5.60 Å². The molecule has 0 heterocycles. The molecule has 0 amide bonds. The van der Waals surface area contributed by atoms with E-state index in [4.69, 9.17) is 4.74 Å². The van der Waals surface area contributed by atoms with E-state index in [1.165, 1.54) is 0 Å². The molecule has 0 saturated heterocycles. The third kappa shape index (κ3) is 3.12. The van der Waals surface area contributed by atoms with Crippen LogP contribution in [0, 0.1) is 38.5 Å². The van der Waals surface area contributed by atoms with Crippen molar-refractivity contribution in [1.29, 1.82) is 0 Å². The molecule has 0 aliphatic heterocycles. The first-order valence-electron chi connectivity index (χ1n) is 9.70. The van der Waals surface area contributed by atoms with Crippen molar-refractivity contribution in [3.8, 4) is 0 Å². The topological polar surface area (TPSA) is 77.5 Å². The minimum atomic E-state index is -4.69. The number of aryl methyl sites for hydroxylation is 3. The van der Waals surface area contributed by atoms with Crippen LogP contribution in [-0.2, 0) is 14.6 Å². The van der Waals surface area contributed by atoms with Crippen molar-refractivity contribution in [2.45, 2.75) is 64.9 Å². The highest BCUT2D eigenvalue weighted by molar-refractivity contribution is 8.18. The highest BCUT2D eigenvalue weighted by atomic mass is 32.2. The van der Waals surface area contributed by atoms with Crippen molar-refractivity contribution in [1.82, 2.24) is 0 Å². The summed E-state index contributed by atoms with van der Waals surface area (Å²) < 4.78 is 31.1. The summed E-state index contributed by atoms with van der Waals surface area (Å²) in [5.41, 5.74) is 1.46.